The Bertz CT molecular complexity index is 358. The van der Waals surface area contributed by atoms with Gasteiger partial charge in [0.05, 0.1) is 6.10 Å². The number of ether oxygens (including phenoxy) is 1. The van der Waals surface area contributed by atoms with Crippen molar-refractivity contribution in [3.05, 3.63) is 0 Å². The fraction of sp³-hybridized carbons (Fsp3) is 1.00. The fourth-order valence-corrected chi connectivity index (χ4v) is 4.56. The van der Waals surface area contributed by atoms with Gasteiger partial charge in [0.15, 0.2) is 0 Å². The van der Waals surface area contributed by atoms with Gasteiger partial charge in [-0.2, -0.15) is 17.0 Å². The van der Waals surface area contributed by atoms with Crippen LogP contribution in [-0.4, -0.2) is 55.9 Å². The number of likely N-dealkylation sites (N-methyl/N-ethyl adjacent to an activating group) is 1. The average Bonchev–Trinajstić information content (AvgIpc) is 2.74. The van der Waals surface area contributed by atoms with E-state index in [4.69, 9.17) is 4.74 Å². The summed E-state index contributed by atoms with van der Waals surface area (Å²) in [6.07, 6.45) is 6.36. The van der Waals surface area contributed by atoms with Crippen molar-refractivity contribution in [2.24, 2.45) is 0 Å². The van der Waals surface area contributed by atoms with Gasteiger partial charge in [0.2, 0.25) is 0 Å². The second-order valence-electron chi connectivity index (χ2n) is 5.41. The van der Waals surface area contributed by atoms with Crippen LogP contribution in [0.25, 0.3) is 0 Å². The summed E-state index contributed by atoms with van der Waals surface area (Å²) < 4.78 is 34.1. The van der Waals surface area contributed by atoms with E-state index in [0.29, 0.717) is 26.2 Å². The molecule has 1 atom stereocenters. The topological polar surface area (TPSA) is 49.9 Å². The molecule has 2 aliphatic rings. The third-order valence-corrected chi connectivity index (χ3v) is 6.08. The third kappa shape index (κ3) is 3.90. The molecule has 0 unspecified atom stereocenters. The van der Waals surface area contributed by atoms with Gasteiger partial charge in [-0.05, 0) is 25.7 Å². The van der Waals surface area contributed by atoms with Gasteiger partial charge < -0.3 is 4.74 Å². The second-order valence-corrected chi connectivity index (χ2v) is 7.34. The highest BCUT2D eigenvalue weighted by atomic mass is 32.2. The van der Waals surface area contributed by atoms with Gasteiger partial charge >= 0.3 is 0 Å². The van der Waals surface area contributed by atoms with E-state index in [-0.39, 0.29) is 6.10 Å². The molecule has 0 N–H and O–H groups in total. The molecule has 0 bridgehead atoms. The SMILES string of the molecule is CCN(C[C@H]1CCCO1)S(=O)(=O)N1CCCCCC1. The number of nitrogens with zero attached hydrogens (tertiary/aromatic N) is 2. The van der Waals surface area contributed by atoms with Gasteiger partial charge in [-0.1, -0.05) is 19.8 Å². The van der Waals surface area contributed by atoms with Crippen LogP contribution in [0.4, 0.5) is 0 Å². The Kier molecular flexibility index (Phi) is 5.62. The predicted molar refractivity (Wildman–Crippen MR) is 75.2 cm³/mol. The lowest BCUT2D eigenvalue weighted by Crippen LogP contribution is -2.46. The van der Waals surface area contributed by atoms with Gasteiger partial charge in [-0.25, -0.2) is 0 Å². The largest absolute Gasteiger partial charge is 0.377 e. The van der Waals surface area contributed by atoms with E-state index in [1.54, 1.807) is 8.61 Å². The second kappa shape index (κ2) is 7.02. The zero-order valence-electron chi connectivity index (χ0n) is 11.9. The van der Waals surface area contributed by atoms with Crippen LogP contribution in [0.15, 0.2) is 0 Å². The van der Waals surface area contributed by atoms with Crippen LogP contribution >= 0.6 is 0 Å². The van der Waals surface area contributed by atoms with Crippen molar-refractivity contribution in [1.29, 1.82) is 0 Å². The zero-order chi connectivity index (χ0) is 13.7. The van der Waals surface area contributed by atoms with E-state index < -0.39 is 10.2 Å². The molecule has 19 heavy (non-hydrogen) atoms. The number of rotatable bonds is 5. The van der Waals surface area contributed by atoms with Crippen LogP contribution in [0.3, 0.4) is 0 Å². The molecule has 2 rings (SSSR count). The summed E-state index contributed by atoms with van der Waals surface area (Å²) in [5.74, 6) is 0. The maximum absolute atomic E-state index is 12.7. The molecule has 0 aromatic carbocycles. The highest BCUT2D eigenvalue weighted by Gasteiger charge is 2.31. The Labute approximate surface area is 117 Å². The van der Waals surface area contributed by atoms with Crippen molar-refractivity contribution in [2.45, 2.75) is 51.6 Å². The molecule has 0 aromatic rings. The molecule has 0 spiro atoms. The number of hydrogen-bond donors (Lipinski definition) is 0. The van der Waals surface area contributed by atoms with Crippen LogP contribution in [0.2, 0.25) is 0 Å². The third-order valence-electron chi connectivity index (χ3n) is 4.00. The Morgan fingerprint density at radius 2 is 1.84 bits per heavy atom. The molecule has 112 valence electrons. The van der Waals surface area contributed by atoms with Gasteiger partial charge in [-0.15, -0.1) is 0 Å². The zero-order valence-corrected chi connectivity index (χ0v) is 12.7. The highest BCUT2D eigenvalue weighted by molar-refractivity contribution is 7.86. The molecule has 0 saturated carbocycles. The number of hydrogen-bond acceptors (Lipinski definition) is 3. The van der Waals surface area contributed by atoms with Crippen molar-refractivity contribution in [2.75, 3.05) is 32.8 Å². The first-order valence-electron chi connectivity index (χ1n) is 7.51. The predicted octanol–water partition coefficient (Wildman–Crippen LogP) is 1.61. The van der Waals surface area contributed by atoms with Gasteiger partial charge in [0.25, 0.3) is 10.2 Å². The molecule has 0 radical (unpaired) electrons. The molecule has 0 aromatic heterocycles. The summed E-state index contributed by atoms with van der Waals surface area (Å²) in [5.41, 5.74) is 0. The molecule has 2 fully saturated rings. The molecule has 2 heterocycles. The van der Waals surface area contributed by atoms with Gasteiger partial charge in [0.1, 0.15) is 0 Å². The molecule has 5 nitrogen and oxygen atoms in total. The van der Waals surface area contributed by atoms with E-state index in [1.165, 1.54) is 0 Å². The van der Waals surface area contributed by atoms with Crippen molar-refractivity contribution in [1.82, 2.24) is 8.61 Å². The van der Waals surface area contributed by atoms with Crippen molar-refractivity contribution < 1.29 is 13.2 Å². The lowest BCUT2D eigenvalue weighted by molar-refractivity contribution is 0.0931. The monoisotopic (exact) mass is 290 g/mol. The standard InChI is InChI=1S/C13H26N2O3S/c1-2-14(12-13-8-7-11-18-13)19(16,17)15-9-5-3-4-6-10-15/h13H,2-12H2,1H3/t13-/m1/s1. The lowest BCUT2D eigenvalue weighted by atomic mass is 10.2. The van der Waals surface area contributed by atoms with E-state index in [9.17, 15) is 8.42 Å². The van der Waals surface area contributed by atoms with Crippen LogP contribution in [-0.2, 0) is 14.9 Å². The van der Waals surface area contributed by atoms with Crippen LogP contribution in [0, 0.1) is 0 Å². The maximum atomic E-state index is 12.7. The Hall–Kier alpha value is -0.170. The van der Waals surface area contributed by atoms with Crippen molar-refractivity contribution >= 4 is 10.2 Å². The molecule has 2 aliphatic heterocycles. The van der Waals surface area contributed by atoms with E-state index in [2.05, 4.69) is 0 Å². The molecule has 0 amide bonds. The fourth-order valence-electron chi connectivity index (χ4n) is 2.84. The van der Waals surface area contributed by atoms with E-state index in [1.807, 2.05) is 6.92 Å². The Balaban J connectivity index is 2.01. The normalized spacial score (nSPS) is 26.7. The Morgan fingerprint density at radius 3 is 2.37 bits per heavy atom. The summed E-state index contributed by atoms with van der Waals surface area (Å²) in [7, 11) is -3.30. The van der Waals surface area contributed by atoms with Gasteiger partial charge in [-0.3, -0.25) is 0 Å². The minimum Gasteiger partial charge on any atom is -0.377 e. The Morgan fingerprint density at radius 1 is 1.16 bits per heavy atom. The molecule has 2 saturated heterocycles. The summed E-state index contributed by atoms with van der Waals surface area (Å²) in [6.45, 7) is 5.05. The maximum Gasteiger partial charge on any atom is 0.282 e. The highest BCUT2D eigenvalue weighted by Crippen LogP contribution is 2.19. The molecule has 0 aliphatic carbocycles. The van der Waals surface area contributed by atoms with E-state index >= 15 is 0 Å². The van der Waals surface area contributed by atoms with Crippen LogP contribution in [0.1, 0.15) is 45.4 Å². The lowest BCUT2D eigenvalue weighted by Gasteiger charge is -2.29. The van der Waals surface area contributed by atoms with Crippen LogP contribution < -0.4 is 0 Å². The summed E-state index contributed by atoms with van der Waals surface area (Å²) >= 11 is 0. The minimum absolute atomic E-state index is 0.0849. The quantitative estimate of drug-likeness (QED) is 0.773. The minimum atomic E-state index is -3.30. The van der Waals surface area contributed by atoms with Crippen molar-refractivity contribution in [3.63, 3.8) is 0 Å². The summed E-state index contributed by atoms with van der Waals surface area (Å²) in [4.78, 5) is 0. The molecule has 6 heteroatoms. The first-order chi connectivity index (χ1) is 9.14. The molecular formula is C13H26N2O3S. The molecular weight excluding hydrogens is 264 g/mol. The summed E-state index contributed by atoms with van der Waals surface area (Å²) in [5, 5.41) is 0. The first kappa shape index (κ1) is 15.2. The smallest absolute Gasteiger partial charge is 0.282 e. The average molecular weight is 290 g/mol. The summed E-state index contributed by atoms with van der Waals surface area (Å²) in [6, 6.07) is 0. The first-order valence-corrected chi connectivity index (χ1v) is 8.91. The van der Waals surface area contributed by atoms with Crippen molar-refractivity contribution in [3.8, 4) is 0 Å². The van der Waals surface area contributed by atoms with E-state index in [0.717, 1.165) is 45.1 Å². The van der Waals surface area contributed by atoms with Gasteiger partial charge in [0, 0.05) is 32.8 Å². The van der Waals surface area contributed by atoms with Crippen LogP contribution in [0.5, 0.6) is 0 Å².